The number of imidazole rings is 1. The molecule has 0 aliphatic heterocycles. The number of hydrogen-bond acceptors (Lipinski definition) is 5. The Morgan fingerprint density at radius 3 is 2.20 bits per heavy atom. The van der Waals surface area contributed by atoms with Crippen molar-refractivity contribution in [3.63, 3.8) is 0 Å². The second-order valence-corrected chi connectivity index (χ2v) is 6.32. The van der Waals surface area contributed by atoms with Gasteiger partial charge < -0.3 is 14.2 Å². The van der Waals surface area contributed by atoms with Crippen molar-refractivity contribution in [1.29, 1.82) is 0 Å². The molecule has 30 heavy (non-hydrogen) atoms. The van der Waals surface area contributed by atoms with Crippen LogP contribution in [0.3, 0.4) is 0 Å². The number of alkyl halides is 3. The molecular weight excluding hydrogens is 399 g/mol. The summed E-state index contributed by atoms with van der Waals surface area (Å²) in [4.78, 5) is 8.72. The number of methoxy groups -OCH3 is 2. The van der Waals surface area contributed by atoms with E-state index in [2.05, 4.69) is 14.7 Å². The number of halogens is 3. The lowest BCUT2D eigenvalue weighted by molar-refractivity contribution is -0.274. The fourth-order valence-corrected chi connectivity index (χ4v) is 3.06. The van der Waals surface area contributed by atoms with Crippen LogP contribution in [0, 0.1) is 0 Å². The molecular formula is C21H16F3N3O3. The maximum atomic E-state index is 12.6. The van der Waals surface area contributed by atoms with E-state index in [1.165, 1.54) is 18.2 Å². The van der Waals surface area contributed by atoms with Crippen LogP contribution in [0.4, 0.5) is 13.2 Å². The smallest absolute Gasteiger partial charge is 0.497 e. The first-order valence-corrected chi connectivity index (χ1v) is 8.79. The molecule has 4 aromatic rings. The molecule has 0 unspecified atom stereocenters. The average molecular weight is 415 g/mol. The van der Waals surface area contributed by atoms with Gasteiger partial charge in [-0.25, -0.2) is 4.98 Å². The summed E-state index contributed by atoms with van der Waals surface area (Å²) >= 11 is 0. The third kappa shape index (κ3) is 4.00. The lowest BCUT2D eigenvalue weighted by Gasteiger charge is -2.11. The van der Waals surface area contributed by atoms with Crippen molar-refractivity contribution in [2.24, 2.45) is 0 Å². The molecule has 0 aliphatic rings. The van der Waals surface area contributed by atoms with Crippen LogP contribution in [0.2, 0.25) is 0 Å². The molecule has 2 aromatic carbocycles. The number of benzene rings is 2. The van der Waals surface area contributed by atoms with Crippen LogP contribution in [0.1, 0.15) is 0 Å². The van der Waals surface area contributed by atoms with Gasteiger partial charge in [-0.2, -0.15) is 0 Å². The zero-order chi connectivity index (χ0) is 21.3. The summed E-state index contributed by atoms with van der Waals surface area (Å²) < 4.78 is 54.1. The number of aromatic nitrogens is 3. The topological polar surface area (TPSA) is 57.9 Å². The van der Waals surface area contributed by atoms with Crippen LogP contribution in [-0.2, 0) is 0 Å². The Bertz CT molecular complexity index is 1180. The van der Waals surface area contributed by atoms with E-state index in [0.29, 0.717) is 34.1 Å². The maximum Gasteiger partial charge on any atom is 0.573 e. The Kier molecular flexibility index (Phi) is 4.94. The summed E-state index contributed by atoms with van der Waals surface area (Å²) in [6.07, 6.45) is 0.143. The van der Waals surface area contributed by atoms with Gasteiger partial charge in [-0.1, -0.05) is 12.1 Å². The summed E-state index contributed by atoms with van der Waals surface area (Å²) in [5, 5.41) is 0. The van der Waals surface area contributed by atoms with Gasteiger partial charge in [-0.05, 0) is 24.3 Å². The molecule has 0 saturated carbocycles. The Morgan fingerprint density at radius 1 is 0.833 bits per heavy atom. The van der Waals surface area contributed by atoms with E-state index in [1.807, 2.05) is 12.1 Å². The van der Waals surface area contributed by atoms with Gasteiger partial charge in [0.15, 0.2) is 5.65 Å². The highest BCUT2D eigenvalue weighted by molar-refractivity contribution is 5.68. The number of nitrogens with zero attached hydrogens (tertiary/aromatic N) is 3. The first kappa shape index (κ1) is 19.6. The molecule has 0 spiro atoms. The number of fused-ring (bicyclic) bond motifs is 1. The van der Waals surface area contributed by atoms with E-state index in [0.717, 1.165) is 5.56 Å². The first-order valence-electron chi connectivity index (χ1n) is 8.79. The molecule has 154 valence electrons. The van der Waals surface area contributed by atoms with E-state index in [9.17, 15) is 13.2 Å². The van der Waals surface area contributed by atoms with Gasteiger partial charge in [0.25, 0.3) is 0 Å². The van der Waals surface area contributed by atoms with Crippen molar-refractivity contribution in [1.82, 2.24) is 14.4 Å². The second kappa shape index (κ2) is 7.58. The fourth-order valence-electron chi connectivity index (χ4n) is 3.06. The van der Waals surface area contributed by atoms with Crippen molar-refractivity contribution in [3.8, 4) is 39.8 Å². The molecule has 9 heteroatoms. The van der Waals surface area contributed by atoms with Crippen molar-refractivity contribution < 1.29 is 27.4 Å². The third-order valence-corrected chi connectivity index (χ3v) is 4.41. The first-order chi connectivity index (χ1) is 14.4. The van der Waals surface area contributed by atoms with E-state index >= 15 is 0 Å². The normalized spacial score (nSPS) is 11.5. The van der Waals surface area contributed by atoms with Gasteiger partial charge in [0, 0.05) is 23.4 Å². The molecule has 2 heterocycles. The molecule has 0 amide bonds. The van der Waals surface area contributed by atoms with E-state index < -0.39 is 6.36 Å². The largest absolute Gasteiger partial charge is 0.573 e. The number of rotatable bonds is 5. The summed E-state index contributed by atoms with van der Waals surface area (Å²) in [7, 11) is 3.11. The highest BCUT2D eigenvalue weighted by atomic mass is 19.4. The molecule has 2 aromatic heterocycles. The Balaban J connectivity index is 1.79. The molecule has 0 atom stereocenters. The van der Waals surface area contributed by atoms with Gasteiger partial charge in [-0.3, -0.25) is 9.38 Å². The van der Waals surface area contributed by atoms with Crippen LogP contribution in [0.15, 0.2) is 61.1 Å². The summed E-state index contributed by atoms with van der Waals surface area (Å²) in [5.41, 5.74) is 3.02. The number of ether oxygens (including phenoxy) is 3. The van der Waals surface area contributed by atoms with Gasteiger partial charge in [0.2, 0.25) is 0 Å². The molecule has 0 fully saturated rings. The van der Waals surface area contributed by atoms with Crippen LogP contribution in [-0.4, -0.2) is 35.0 Å². The van der Waals surface area contributed by atoms with Gasteiger partial charge in [0.05, 0.1) is 38.0 Å². The lowest BCUT2D eigenvalue weighted by Crippen LogP contribution is -2.17. The van der Waals surface area contributed by atoms with Crippen molar-refractivity contribution >= 4 is 5.65 Å². The Hall–Kier alpha value is -3.75. The average Bonchev–Trinajstić information content (AvgIpc) is 3.15. The highest BCUT2D eigenvalue weighted by Gasteiger charge is 2.31. The van der Waals surface area contributed by atoms with E-state index in [4.69, 9.17) is 9.47 Å². The van der Waals surface area contributed by atoms with Crippen LogP contribution >= 0.6 is 0 Å². The van der Waals surface area contributed by atoms with Crippen molar-refractivity contribution in [2.75, 3.05) is 14.2 Å². The molecule has 0 N–H and O–H groups in total. The maximum absolute atomic E-state index is 12.6. The minimum Gasteiger partial charge on any atom is -0.497 e. The monoisotopic (exact) mass is 415 g/mol. The zero-order valence-corrected chi connectivity index (χ0v) is 16.0. The lowest BCUT2D eigenvalue weighted by atomic mass is 10.1. The quantitative estimate of drug-likeness (QED) is 0.460. The van der Waals surface area contributed by atoms with Gasteiger partial charge >= 0.3 is 6.36 Å². The molecule has 0 radical (unpaired) electrons. The Morgan fingerprint density at radius 2 is 1.53 bits per heavy atom. The standard InChI is InChI=1S/C21H16F3N3O3/c1-28-16-7-14(8-17(9-16)29-2)18-12-27-19(10-26-20(27)11-25-18)13-4-3-5-15(6-13)30-21(22,23)24/h3-12H,1-2H3. The number of hydrogen-bond donors (Lipinski definition) is 0. The predicted molar refractivity (Wildman–Crippen MR) is 104 cm³/mol. The van der Waals surface area contributed by atoms with Crippen LogP contribution in [0.25, 0.3) is 28.2 Å². The van der Waals surface area contributed by atoms with Crippen molar-refractivity contribution in [2.45, 2.75) is 6.36 Å². The van der Waals surface area contributed by atoms with Crippen LogP contribution < -0.4 is 14.2 Å². The van der Waals surface area contributed by atoms with Crippen molar-refractivity contribution in [3.05, 3.63) is 61.1 Å². The molecule has 6 nitrogen and oxygen atoms in total. The fraction of sp³-hybridized carbons (Fsp3) is 0.143. The zero-order valence-electron chi connectivity index (χ0n) is 16.0. The predicted octanol–water partition coefficient (Wildman–Crippen LogP) is 4.98. The highest BCUT2D eigenvalue weighted by Crippen LogP contribution is 2.31. The summed E-state index contributed by atoms with van der Waals surface area (Å²) in [6.45, 7) is 0. The summed E-state index contributed by atoms with van der Waals surface area (Å²) in [6, 6.07) is 11.1. The molecule has 0 saturated heterocycles. The minimum absolute atomic E-state index is 0.304. The second-order valence-electron chi connectivity index (χ2n) is 6.32. The SMILES string of the molecule is COc1cc(OC)cc(-c2cn3c(-c4cccc(OC(F)(F)F)c4)cnc3cn2)c1. The molecule has 0 aliphatic carbocycles. The Labute approximate surface area is 169 Å². The molecule has 0 bridgehead atoms. The van der Waals surface area contributed by atoms with Crippen LogP contribution in [0.5, 0.6) is 17.2 Å². The van der Waals surface area contributed by atoms with Gasteiger partial charge in [0.1, 0.15) is 17.2 Å². The van der Waals surface area contributed by atoms with E-state index in [-0.39, 0.29) is 5.75 Å². The molecule has 4 rings (SSSR count). The third-order valence-electron chi connectivity index (χ3n) is 4.41. The van der Waals surface area contributed by atoms with E-state index in [1.54, 1.807) is 49.3 Å². The minimum atomic E-state index is -4.76. The summed E-state index contributed by atoms with van der Waals surface area (Å²) in [5.74, 6) is 0.907. The van der Waals surface area contributed by atoms with Gasteiger partial charge in [-0.15, -0.1) is 13.2 Å².